The zero-order valence-electron chi connectivity index (χ0n) is 11.7. The maximum Gasteiger partial charge on any atom is 0.505 e. The summed E-state index contributed by atoms with van der Waals surface area (Å²) in [5.41, 5.74) is 0.0661. The standard InChI is InChI=1S/C12H24O5Si/c1-5-14-12(13)10-9-11(10)18(15-6-2,16-7-3)17-8-4/h10-11H,5-9H2,1-4H3/t10-,11-/m0/s1. The van der Waals surface area contributed by atoms with Crippen LogP contribution in [0.2, 0.25) is 5.54 Å². The van der Waals surface area contributed by atoms with Crippen molar-refractivity contribution in [1.29, 1.82) is 0 Å². The van der Waals surface area contributed by atoms with Crippen molar-refractivity contribution in [2.24, 2.45) is 5.92 Å². The fourth-order valence-corrected chi connectivity index (χ4v) is 5.42. The zero-order chi connectivity index (χ0) is 13.6. The molecular weight excluding hydrogens is 252 g/mol. The number of carbonyl (C=O) groups is 1. The maximum absolute atomic E-state index is 11.7. The van der Waals surface area contributed by atoms with Crippen molar-refractivity contribution in [3.63, 3.8) is 0 Å². The van der Waals surface area contributed by atoms with Gasteiger partial charge in [-0.25, -0.2) is 0 Å². The Bertz CT molecular complexity index is 254. The van der Waals surface area contributed by atoms with Gasteiger partial charge in [0.25, 0.3) is 0 Å². The molecule has 0 amide bonds. The van der Waals surface area contributed by atoms with Crippen molar-refractivity contribution in [2.75, 3.05) is 26.4 Å². The van der Waals surface area contributed by atoms with Gasteiger partial charge < -0.3 is 18.0 Å². The normalized spacial score (nSPS) is 22.9. The fraction of sp³-hybridized carbons (Fsp3) is 0.917. The monoisotopic (exact) mass is 276 g/mol. The molecule has 6 heteroatoms. The Hall–Kier alpha value is -0.433. The van der Waals surface area contributed by atoms with E-state index in [2.05, 4.69) is 0 Å². The molecule has 1 saturated carbocycles. The van der Waals surface area contributed by atoms with Crippen molar-refractivity contribution in [1.82, 2.24) is 0 Å². The topological polar surface area (TPSA) is 54.0 Å². The van der Waals surface area contributed by atoms with Crippen molar-refractivity contribution >= 4 is 14.8 Å². The van der Waals surface area contributed by atoms with E-state index in [-0.39, 0.29) is 17.4 Å². The summed E-state index contributed by atoms with van der Waals surface area (Å²) in [4.78, 5) is 11.7. The van der Waals surface area contributed by atoms with Crippen LogP contribution in [0.15, 0.2) is 0 Å². The molecule has 0 bridgehead atoms. The predicted molar refractivity (Wildman–Crippen MR) is 69.1 cm³/mol. The van der Waals surface area contributed by atoms with Crippen LogP contribution in [0, 0.1) is 5.92 Å². The molecule has 0 aromatic rings. The summed E-state index contributed by atoms with van der Waals surface area (Å²) in [6.07, 6.45) is 0.755. The van der Waals surface area contributed by atoms with Gasteiger partial charge in [-0.2, -0.15) is 0 Å². The Kier molecular flexibility index (Phi) is 6.27. The highest BCUT2D eigenvalue weighted by molar-refractivity contribution is 6.64. The first-order valence-electron chi connectivity index (χ1n) is 6.73. The molecule has 0 spiro atoms. The molecular formula is C12H24O5Si. The summed E-state index contributed by atoms with van der Waals surface area (Å²) in [6.45, 7) is 9.60. The number of hydrogen-bond donors (Lipinski definition) is 0. The number of esters is 1. The molecule has 1 fully saturated rings. The van der Waals surface area contributed by atoms with Gasteiger partial charge in [0.1, 0.15) is 0 Å². The van der Waals surface area contributed by atoms with Gasteiger partial charge >= 0.3 is 14.8 Å². The van der Waals surface area contributed by atoms with Crippen molar-refractivity contribution in [3.05, 3.63) is 0 Å². The lowest BCUT2D eigenvalue weighted by Crippen LogP contribution is -2.47. The second-order valence-electron chi connectivity index (χ2n) is 4.10. The van der Waals surface area contributed by atoms with Crippen LogP contribution in [0.5, 0.6) is 0 Å². The first-order valence-corrected chi connectivity index (χ1v) is 8.53. The molecule has 0 heterocycles. The lowest BCUT2D eigenvalue weighted by Gasteiger charge is -2.28. The third-order valence-electron chi connectivity index (χ3n) is 2.87. The molecule has 0 radical (unpaired) electrons. The Morgan fingerprint density at radius 3 is 1.89 bits per heavy atom. The van der Waals surface area contributed by atoms with E-state index in [4.69, 9.17) is 18.0 Å². The highest BCUT2D eigenvalue weighted by Gasteiger charge is 2.64. The molecule has 5 nitrogen and oxygen atoms in total. The summed E-state index contributed by atoms with van der Waals surface area (Å²) in [5, 5.41) is 0. The number of rotatable bonds is 9. The van der Waals surface area contributed by atoms with E-state index in [1.54, 1.807) is 0 Å². The molecule has 0 N–H and O–H groups in total. The average Bonchev–Trinajstić information content (AvgIpc) is 3.10. The van der Waals surface area contributed by atoms with Gasteiger partial charge in [-0.3, -0.25) is 4.79 Å². The van der Waals surface area contributed by atoms with E-state index in [1.807, 2.05) is 27.7 Å². The van der Waals surface area contributed by atoms with Gasteiger partial charge in [-0.05, 0) is 34.1 Å². The summed E-state index contributed by atoms with van der Waals surface area (Å²) in [6, 6.07) is 0. The highest BCUT2D eigenvalue weighted by Crippen LogP contribution is 2.53. The minimum absolute atomic E-state index is 0.0661. The van der Waals surface area contributed by atoms with E-state index in [1.165, 1.54) is 0 Å². The van der Waals surface area contributed by atoms with Gasteiger partial charge in [0.05, 0.1) is 12.5 Å². The largest absolute Gasteiger partial charge is 0.505 e. The molecule has 0 aromatic heterocycles. The molecule has 1 rings (SSSR count). The molecule has 0 unspecified atom stereocenters. The first kappa shape index (κ1) is 15.6. The van der Waals surface area contributed by atoms with Crippen LogP contribution >= 0.6 is 0 Å². The summed E-state index contributed by atoms with van der Waals surface area (Å²) < 4.78 is 22.4. The number of ether oxygens (including phenoxy) is 1. The van der Waals surface area contributed by atoms with Gasteiger partial charge in [0.15, 0.2) is 0 Å². The zero-order valence-corrected chi connectivity index (χ0v) is 12.7. The molecule has 1 aliphatic carbocycles. The molecule has 0 aliphatic heterocycles. The van der Waals surface area contributed by atoms with E-state index >= 15 is 0 Å². The average molecular weight is 276 g/mol. The first-order chi connectivity index (χ1) is 8.65. The van der Waals surface area contributed by atoms with Crippen molar-refractivity contribution in [2.45, 2.75) is 39.7 Å². The minimum Gasteiger partial charge on any atom is -0.466 e. The second-order valence-corrected chi connectivity index (χ2v) is 6.92. The summed E-state index contributed by atoms with van der Waals surface area (Å²) in [7, 11) is -2.72. The lowest BCUT2D eigenvalue weighted by molar-refractivity contribution is -0.144. The molecule has 0 aromatic carbocycles. The number of hydrogen-bond acceptors (Lipinski definition) is 5. The molecule has 1 aliphatic rings. The predicted octanol–water partition coefficient (Wildman–Crippen LogP) is 1.99. The number of carbonyl (C=O) groups excluding carboxylic acids is 1. The van der Waals surface area contributed by atoms with Gasteiger partial charge in [-0.15, -0.1) is 0 Å². The summed E-state index contributed by atoms with van der Waals surface area (Å²) >= 11 is 0. The highest BCUT2D eigenvalue weighted by atomic mass is 28.4. The SMILES string of the molecule is CCOC(=O)[C@H]1C[C@@H]1[Si](OCC)(OCC)OCC. The van der Waals surface area contributed by atoms with Crippen LogP contribution in [0.1, 0.15) is 34.1 Å². The third kappa shape index (κ3) is 3.54. The second kappa shape index (κ2) is 7.23. The van der Waals surface area contributed by atoms with Crippen LogP contribution in [0.25, 0.3) is 0 Å². The van der Waals surface area contributed by atoms with Crippen LogP contribution in [0.4, 0.5) is 0 Å². The Morgan fingerprint density at radius 2 is 1.50 bits per heavy atom. The van der Waals surface area contributed by atoms with Crippen LogP contribution in [-0.4, -0.2) is 41.2 Å². The van der Waals surface area contributed by atoms with Crippen LogP contribution < -0.4 is 0 Å². The molecule has 18 heavy (non-hydrogen) atoms. The van der Waals surface area contributed by atoms with Gasteiger partial charge in [0.2, 0.25) is 0 Å². The Morgan fingerprint density at radius 1 is 1.00 bits per heavy atom. The molecule has 2 atom stereocenters. The van der Waals surface area contributed by atoms with E-state index in [0.717, 1.165) is 6.42 Å². The minimum atomic E-state index is -2.72. The van der Waals surface area contributed by atoms with E-state index in [9.17, 15) is 4.79 Å². The van der Waals surface area contributed by atoms with E-state index < -0.39 is 8.80 Å². The van der Waals surface area contributed by atoms with Gasteiger partial charge in [0, 0.05) is 25.4 Å². The maximum atomic E-state index is 11.7. The Labute approximate surface area is 110 Å². The van der Waals surface area contributed by atoms with Gasteiger partial charge in [-0.1, -0.05) is 0 Å². The summed E-state index contributed by atoms with van der Waals surface area (Å²) in [5.74, 6) is -0.264. The third-order valence-corrected chi connectivity index (χ3v) is 6.49. The lowest BCUT2D eigenvalue weighted by atomic mass is 10.4. The molecule has 106 valence electrons. The fourth-order valence-electron chi connectivity index (χ4n) is 2.15. The van der Waals surface area contributed by atoms with Crippen LogP contribution in [0.3, 0.4) is 0 Å². The molecule has 0 saturated heterocycles. The van der Waals surface area contributed by atoms with Crippen LogP contribution in [-0.2, 0) is 22.8 Å². The quantitative estimate of drug-likeness (QED) is 0.476. The van der Waals surface area contributed by atoms with E-state index in [0.29, 0.717) is 26.4 Å². The Balaban J connectivity index is 2.69. The smallest absolute Gasteiger partial charge is 0.466 e. The van der Waals surface area contributed by atoms with Crippen molar-refractivity contribution < 1.29 is 22.8 Å². The van der Waals surface area contributed by atoms with Crippen molar-refractivity contribution in [3.8, 4) is 0 Å².